The van der Waals surface area contributed by atoms with Gasteiger partial charge in [-0.15, -0.1) is 0 Å². The third kappa shape index (κ3) is 4.02. The van der Waals surface area contributed by atoms with E-state index in [1.807, 2.05) is 0 Å². The van der Waals surface area contributed by atoms with E-state index in [1.165, 1.54) is 44.7 Å². The van der Waals surface area contributed by atoms with Gasteiger partial charge in [-0.05, 0) is 37.0 Å². The Labute approximate surface area is 125 Å². The number of benzene rings is 1. The number of aliphatic hydroxyl groups is 1. The Kier molecular flexibility index (Phi) is 5.35. The zero-order valence-corrected chi connectivity index (χ0v) is 13.0. The lowest BCUT2D eigenvalue weighted by Gasteiger charge is -2.12. The molecule has 1 aromatic carbocycles. The topological polar surface area (TPSA) is 66.4 Å². The standard InChI is InChI=1S/C15H22FNO3S/c1-11-8-14(9-13(10-18)15(11)16)21(19,20)17-7-6-12-4-2-3-5-12/h8-9,12,17-18H,2-7,10H2,1H3. The molecule has 2 rings (SSSR count). The maximum Gasteiger partial charge on any atom is 0.240 e. The lowest BCUT2D eigenvalue weighted by atomic mass is 10.1. The Bertz CT molecular complexity index is 595. The molecule has 0 saturated heterocycles. The molecule has 0 bridgehead atoms. The van der Waals surface area contributed by atoms with Gasteiger partial charge < -0.3 is 5.11 Å². The Morgan fingerprint density at radius 1 is 1.33 bits per heavy atom. The average molecular weight is 315 g/mol. The van der Waals surface area contributed by atoms with Crippen LogP contribution in [0, 0.1) is 18.7 Å². The summed E-state index contributed by atoms with van der Waals surface area (Å²) in [5.41, 5.74) is 0.226. The summed E-state index contributed by atoms with van der Waals surface area (Å²) >= 11 is 0. The average Bonchev–Trinajstić information content (AvgIpc) is 2.94. The van der Waals surface area contributed by atoms with Crippen LogP contribution in [0.4, 0.5) is 4.39 Å². The molecule has 0 radical (unpaired) electrons. The molecule has 118 valence electrons. The van der Waals surface area contributed by atoms with Gasteiger partial charge in [-0.2, -0.15) is 0 Å². The van der Waals surface area contributed by atoms with Gasteiger partial charge in [-0.1, -0.05) is 25.7 Å². The van der Waals surface area contributed by atoms with Crippen LogP contribution >= 0.6 is 0 Å². The zero-order chi connectivity index (χ0) is 15.5. The van der Waals surface area contributed by atoms with E-state index < -0.39 is 22.4 Å². The minimum atomic E-state index is -3.65. The molecular weight excluding hydrogens is 293 g/mol. The van der Waals surface area contributed by atoms with E-state index in [-0.39, 0.29) is 16.0 Å². The van der Waals surface area contributed by atoms with Crippen molar-refractivity contribution in [2.75, 3.05) is 6.54 Å². The van der Waals surface area contributed by atoms with Gasteiger partial charge in [-0.3, -0.25) is 0 Å². The normalized spacial score (nSPS) is 16.5. The van der Waals surface area contributed by atoms with E-state index in [4.69, 9.17) is 5.11 Å². The fourth-order valence-corrected chi connectivity index (χ4v) is 4.04. The van der Waals surface area contributed by atoms with E-state index in [2.05, 4.69) is 4.72 Å². The van der Waals surface area contributed by atoms with E-state index in [9.17, 15) is 12.8 Å². The Morgan fingerprint density at radius 3 is 2.62 bits per heavy atom. The van der Waals surface area contributed by atoms with Crippen LogP contribution in [-0.4, -0.2) is 20.1 Å². The van der Waals surface area contributed by atoms with Crippen molar-refractivity contribution in [3.63, 3.8) is 0 Å². The number of rotatable bonds is 6. The Morgan fingerprint density at radius 2 is 2.00 bits per heavy atom. The number of aryl methyl sites for hydroxylation is 1. The van der Waals surface area contributed by atoms with Crippen LogP contribution < -0.4 is 4.72 Å². The largest absolute Gasteiger partial charge is 0.392 e. The number of nitrogens with one attached hydrogen (secondary N) is 1. The third-order valence-electron chi connectivity index (χ3n) is 4.10. The monoisotopic (exact) mass is 315 g/mol. The van der Waals surface area contributed by atoms with Gasteiger partial charge in [0.2, 0.25) is 10.0 Å². The molecule has 1 aliphatic rings. The zero-order valence-electron chi connectivity index (χ0n) is 12.2. The molecule has 4 nitrogen and oxygen atoms in total. The van der Waals surface area contributed by atoms with Gasteiger partial charge in [0.1, 0.15) is 5.82 Å². The summed E-state index contributed by atoms with van der Waals surface area (Å²) in [7, 11) is -3.65. The molecule has 1 aromatic rings. The molecule has 2 N–H and O–H groups in total. The number of sulfonamides is 1. The van der Waals surface area contributed by atoms with Crippen molar-refractivity contribution in [1.82, 2.24) is 4.72 Å². The molecule has 1 aliphatic carbocycles. The van der Waals surface area contributed by atoms with Crippen LogP contribution in [0.15, 0.2) is 17.0 Å². The SMILES string of the molecule is Cc1cc(S(=O)(=O)NCCC2CCCC2)cc(CO)c1F. The van der Waals surface area contributed by atoms with Crippen LogP contribution in [0.25, 0.3) is 0 Å². The van der Waals surface area contributed by atoms with Gasteiger partial charge in [0.05, 0.1) is 11.5 Å². The van der Waals surface area contributed by atoms with Crippen molar-refractivity contribution >= 4 is 10.0 Å². The van der Waals surface area contributed by atoms with Crippen LogP contribution in [0.5, 0.6) is 0 Å². The second-order valence-corrected chi connectivity index (χ2v) is 7.48. The van der Waals surface area contributed by atoms with E-state index in [1.54, 1.807) is 0 Å². The van der Waals surface area contributed by atoms with Crippen molar-refractivity contribution in [2.45, 2.75) is 50.5 Å². The molecular formula is C15H22FNO3S. The first-order chi connectivity index (χ1) is 9.94. The second kappa shape index (κ2) is 6.85. The molecule has 0 spiro atoms. The molecule has 1 saturated carbocycles. The first-order valence-electron chi connectivity index (χ1n) is 7.33. The summed E-state index contributed by atoms with van der Waals surface area (Å²) in [6.07, 6.45) is 5.65. The fraction of sp³-hybridized carbons (Fsp3) is 0.600. The highest BCUT2D eigenvalue weighted by atomic mass is 32.2. The molecule has 0 aliphatic heterocycles. The summed E-state index contributed by atoms with van der Waals surface area (Å²) in [4.78, 5) is 0.0110. The van der Waals surface area contributed by atoms with Gasteiger partial charge in [0.25, 0.3) is 0 Å². The number of aliphatic hydroxyl groups excluding tert-OH is 1. The Hall–Kier alpha value is -0.980. The first-order valence-corrected chi connectivity index (χ1v) is 8.82. The minimum absolute atomic E-state index is 0.00571. The van der Waals surface area contributed by atoms with Crippen LogP contribution in [-0.2, 0) is 16.6 Å². The van der Waals surface area contributed by atoms with E-state index in [0.717, 1.165) is 6.42 Å². The molecule has 0 amide bonds. The van der Waals surface area contributed by atoms with Crippen molar-refractivity contribution in [3.05, 3.63) is 29.1 Å². The van der Waals surface area contributed by atoms with Gasteiger partial charge in [0.15, 0.2) is 0 Å². The summed E-state index contributed by atoms with van der Waals surface area (Å²) in [5.74, 6) is 0.0538. The first kappa shape index (κ1) is 16.4. The highest BCUT2D eigenvalue weighted by Crippen LogP contribution is 2.27. The maximum absolute atomic E-state index is 13.7. The van der Waals surface area contributed by atoms with Crippen LogP contribution in [0.2, 0.25) is 0 Å². The van der Waals surface area contributed by atoms with Crippen molar-refractivity contribution in [3.8, 4) is 0 Å². The fourth-order valence-electron chi connectivity index (χ4n) is 2.86. The lowest BCUT2D eigenvalue weighted by Crippen LogP contribution is -2.26. The highest BCUT2D eigenvalue weighted by molar-refractivity contribution is 7.89. The van der Waals surface area contributed by atoms with Gasteiger partial charge >= 0.3 is 0 Å². The molecule has 21 heavy (non-hydrogen) atoms. The van der Waals surface area contributed by atoms with Crippen LogP contribution in [0.3, 0.4) is 0 Å². The summed E-state index contributed by atoms with van der Waals surface area (Å²) < 4.78 is 40.7. The third-order valence-corrected chi connectivity index (χ3v) is 5.54. The molecule has 0 atom stereocenters. The molecule has 0 aromatic heterocycles. The van der Waals surface area contributed by atoms with E-state index >= 15 is 0 Å². The molecule has 6 heteroatoms. The minimum Gasteiger partial charge on any atom is -0.392 e. The summed E-state index contributed by atoms with van der Waals surface area (Å²) in [6.45, 7) is 1.38. The van der Waals surface area contributed by atoms with Gasteiger partial charge in [0, 0.05) is 12.1 Å². The maximum atomic E-state index is 13.7. The predicted molar refractivity (Wildman–Crippen MR) is 78.8 cm³/mol. The number of hydrogen-bond acceptors (Lipinski definition) is 3. The summed E-state index contributed by atoms with van der Waals surface area (Å²) in [6, 6.07) is 2.49. The highest BCUT2D eigenvalue weighted by Gasteiger charge is 2.19. The van der Waals surface area contributed by atoms with Crippen molar-refractivity contribution < 1.29 is 17.9 Å². The molecule has 1 fully saturated rings. The lowest BCUT2D eigenvalue weighted by molar-refractivity contribution is 0.275. The summed E-state index contributed by atoms with van der Waals surface area (Å²) in [5, 5.41) is 9.10. The second-order valence-electron chi connectivity index (χ2n) is 5.71. The van der Waals surface area contributed by atoms with Crippen molar-refractivity contribution in [2.24, 2.45) is 5.92 Å². The number of halogens is 1. The molecule has 0 heterocycles. The predicted octanol–water partition coefficient (Wildman–Crippen LogP) is 2.49. The van der Waals surface area contributed by atoms with Crippen molar-refractivity contribution in [1.29, 1.82) is 0 Å². The number of hydrogen-bond donors (Lipinski definition) is 2. The van der Waals surface area contributed by atoms with Gasteiger partial charge in [-0.25, -0.2) is 17.5 Å². The quantitative estimate of drug-likeness (QED) is 0.847. The Balaban J connectivity index is 2.06. The smallest absolute Gasteiger partial charge is 0.240 e. The molecule has 0 unspecified atom stereocenters. The van der Waals surface area contributed by atoms with Crippen LogP contribution in [0.1, 0.15) is 43.2 Å². The van der Waals surface area contributed by atoms with E-state index in [0.29, 0.717) is 12.5 Å².